The number of amides is 3. The standard InChI is InChI=1S/C32H40N4O5/c1-34-30(37)28(18-15-23-13-16-27(40-4)17-14-23)35(2)32(39)29(22-41-21-24-9-6-5-7-10-24)36(3)31(38)26-12-8-11-25(19-26)20-33/h5-14,16-17,19,28-29H,15,18,20-22,33H2,1-4H3,(H,34,37)/t28-,29-/m1/s1. The van der Waals surface area contributed by atoms with Gasteiger partial charge >= 0.3 is 0 Å². The lowest BCUT2D eigenvalue weighted by atomic mass is 10.0. The van der Waals surface area contributed by atoms with Crippen LogP contribution in [0, 0.1) is 0 Å². The molecule has 0 bridgehead atoms. The molecule has 3 amide bonds. The second-order valence-corrected chi connectivity index (χ2v) is 9.80. The molecule has 0 aliphatic carbocycles. The van der Waals surface area contributed by atoms with E-state index in [-0.39, 0.29) is 31.6 Å². The number of nitrogens with two attached hydrogens (primary N) is 1. The van der Waals surface area contributed by atoms with Gasteiger partial charge in [-0.25, -0.2) is 0 Å². The fourth-order valence-corrected chi connectivity index (χ4v) is 4.54. The molecule has 0 heterocycles. The van der Waals surface area contributed by atoms with Crippen LogP contribution < -0.4 is 15.8 Å². The monoisotopic (exact) mass is 560 g/mol. The Kier molecular flexibility index (Phi) is 11.9. The molecule has 0 radical (unpaired) electrons. The van der Waals surface area contributed by atoms with Gasteiger partial charge in [-0.1, -0.05) is 54.6 Å². The van der Waals surface area contributed by atoms with Crippen LogP contribution >= 0.6 is 0 Å². The Labute approximate surface area is 242 Å². The summed E-state index contributed by atoms with van der Waals surface area (Å²) in [6, 6.07) is 22.5. The number of aryl methyl sites for hydroxylation is 1. The Hall–Kier alpha value is -4.21. The number of benzene rings is 3. The number of likely N-dealkylation sites (N-methyl/N-ethyl adjacent to an activating group) is 3. The fourth-order valence-electron chi connectivity index (χ4n) is 4.54. The van der Waals surface area contributed by atoms with Crippen LogP contribution in [0.4, 0.5) is 0 Å². The normalized spacial score (nSPS) is 12.2. The van der Waals surface area contributed by atoms with Crippen molar-refractivity contribution in [3.8, 4) is 5.75 Å². The number of carbonyl (C=O) groups is 3. The molecule has 0 unspecified atom stereocenters. The number of nitrogens with one attached hydrogen (secondary N) is 1. The van der Waals surface area contributed by atoms with Gasteiger partial charge in [-0.15, -0.1) is 0 Å². The summed E-state index contributed by atoms with van der Waals surface area (Å²) in [6.45, 7) is 0.517. The van der Waals surface area contributed by atoms with Crippen LogP contribution in [-0.2, 0) is 33.9 Å². The maximum Gasteiger partial charge on any atom is 0.254 e. The Balaban J connectivity index is 1.82. The topological polar surface area (TPSA) is 114 Å². The van der Waals surface area contributed by atoms with Gasteiger partial charge in [0.15, 0.2) is 0 Å². The third kappa shape index (κ3) is 8.64. The fraction of sp³-hybridized carbons (Fsp3) is 0.344. The minimum atomic E-state index is -0.967. The lowest BCUT2D eigenvalue weighted by molar-refractivity contribution is -0.144. The maximum atomic E-state index is 14.0. The number of methoxy groups -OCH3 is 1. The van der Waals surface area contributed by atoms with Gasteiger partial charge in [0.25, 0.3) is 5.91 Å². The Morgan fingerprint density at radius 3 is 2.17 bits per heavy atom. The minimum absolute atomic E-state index is 0.0458. The number of carbonyl (C=O) groups excluding carboxylic acids is 3. The smallest absolute Gasteiger partial charge is 0.254 e. The lowest BCUT2D eigenvalue weighted by Crippen LogP contribution is -2.56. The van der Waals surface area contributed by atoms with E-state index in [4.69, 9.17) is 15.2 Å². The summed E-state index contributed by atoms with van der Waals surface area (Å²) in [7, 11) is 6.31. The van der Waals surface area contributed by atoms with Crippen LogP contribution in [0.1, 0.15) is 33.5 Å². The molecule has 0 aliphatic rings. The van der Waals surface area contributed by atoms with Crippen molar-refractivity contribution in [2.24, 2.45) is 5.73 Å². The highest BCUT2D eigenvalue weighted by atomic mass is 16.5. The summed E-state index contributed by atoms with van der Waals surface area (Å²) < 4.78 is 11.2. The van der Waals surface area contributed by atoms with E-state index in [1.165, 1.54) is 9.80 Å². The first kappa shape index (κ1) is 31.3. The predicted octanol–water partition coefficient (Wildman–Crippen LogP) is 3.02. The molecule has 218 valence electrons. The molecule has 3 rings (SSSR count). The molecule has 3 N–H and O–H groups in total. The quantitative estimate of drug-likeness (QED) is 0.313. The first-order valence-electron chi connectivity index (χ1n) is 13.6. The molecule has 3 aromatic rings. The van der Waals surface area contributed by atoms with E-state index in [0.717, 1.165) is 22.4 Å². The Morgan fingerprint density at radius 2 is 1.54 bits per heavy atom. The molecule has 0 aliphatic heterocycles. The Morgan fingerprint density at radius 1 is 0.854 bits per heavy atom. The third-order valence-electron chi connectivity index (χ3n) is 7.10. The van der Waals surface area contributed by atoms with Crippen LogP contribution in [0.2, 0.25) is 0 Å². The number of rotatable bonds is 14. The lowest BCUT2D eigenvalue weighted by Gasteiger charge is -2.34. The molecule has 2 atom stereocenters. The van der Waals surface area contributed by atoms with Crippen molar-refractivity contribution in [2.75, 3.05) is 34.9 Å². The molecule has 41 heavy (non-hydrogen) atoms. The summed E-state index contributed by atoms with van der Waals surface area (Å²) in [5.41, 5.74) is 8.95. The van der Waals surface area contributed by atoms with Gasteiger partial charge in [0.2, 0.25) is 11.8 Å². The van der Waals surface area contributed by atoms with Gasteiger partial charge in [0, 0.05) is 33.3 Å². The SMILES string of the molecule is CNC(=O)[C@@H](CCc1ccc(OC)cc1)N(C)C(=O)[C@@H](COCc1ccccc1)N(C)C(=O)c1cccc(CN)c1. The first-order chi connectivity index (χ1) is 19.8. The zero-order valence-electron chi connectivity index (χ0n) is 24.2. The predicted molar refractivity (Wildman–Crippen MR) is 158 cm³/mol. The molecule has 0 saturated carbocycles. The number of hydrogen-bond donors (Lipinski definition) is 2. The first-order valence-corrected chi connectivity index (χ1v) is 13.6. The van der Waals surface area contributed by atoms with Gasteiger partial charge in [0.05, 0.1) is 20.3 Å². The van der Waals surface area contributed by atoms with Crippen molar-refractivity contribution in [1.82, 2.24) is 15.1 Å². The van der Waals surface area contributed by atoms with E-state index in [1.54, 1.807) is 46.5 Å². The van der Waals surface area contributed by atoms with Gasteiger partial charge in [-0.2, -0.15) is 0 Å². The highest BCUT2D eigenvalue weighted by Crippen LogP contribution is 2.18. The van der Waals surface area contributed by atoms with Gasteiger partial charge in [-0.05, 0) is 53.8 Å². The van der Waals surface area contributed by atoms with Gasteiger partial charge < -0.3 is 30.3 Å². The average molecular weight is 561 g/mol. The van der Waals surface area contributed by atoms with Crippen molar-refractivity contribution < 1.29 is 23.9 Å². The van der Waals surface area contributed by atoms with E-state index < -0.39 is 18.0 Å². The van der Waals surface area contributed by atoms with Crippen molar-refractivity contribution in [3.05, 3.63) is 101 Å². The van der Waals surface area contributed by atoms with E-state index in [0.29, 0.717) is 18.4 Å². The average Bonchev–Trinajstić information content (AvgIpc) is 3.02. The molecule has 0 aromatic heterocycles. The molecule has 9 heteroatoms. The second kappa shape index (κ2) is 15.5. The molecule has 0 spiro atoms. The summed E-state index contributed by atoms with van der Waals surface area (Å²) in [6.07, 6.45) is 0.956. The summed E-state index contributed by atoms with van der Waals surface area (Å²) in [4.78, 5) is 43.2. The third-order valence-corrected chi connectivity index (χ3v) is 7.10. The number of nitrogens with zero attached hydrogens (tertiary/aromatic N) is 2. The largest absolute Gasteiger partial charge is 0.497 e. The summed E-state index contributed by atoms with van der Waals surface area (Å²) >= 11 is 0. The second-order valence-electron chi connectivity index (χ2n) is 9.80. The Bertz CT molecular complexity index is 1280. The van der Waals surface area contributed by atoms with E-state index >= 15 is 0 Å². The summed E-state index contributed by atoms with van der Waals surface area (Å²) in [5.74, 6) is -0.285. The highest BCUT2D eigenvalue weighted by molar-refractivity contribution is 5.98. The van der Waals surface area contributed by atoms with E-state index in [9.17, 15) is 14.4 Å². The molecule has 3 aromatic carbocycles. The highest BCUT2D eigenvalue weighted by Gasteiger charge is 2.35. The zero-order chi connectivity index (χ0) is 29.8. The maximum absolute atomic E-state index is 14.0. The van der Waals surface area contributed by atoms with Crippen LogP contribution in [0.5, 0.6) is 5.75 Å². The molecular weight excluding hydrogens is 520 g/mol. The van der Waals surface area contributed by atoms with E-state index in [2.05, 4.69) is 5.32 Å². The van der Waals surface area contributed by atoms with Crippen LogP contribution in [0.3, 0.4) is 0 Å². The molecule has 9 nitrogen and oxygen atoms in total. The number of hydrogen-bond acceptors (Lipinski definition) is 6. The van der Waals surface area contributed by atoms with E-state index in [1.807, 2.05) is 60.7 Å². The van der Waals surface area contributed by atoms with Crippen molar-refractivity contribution in [1.29, 1.82) is 0 Å². The van der Waals surface area contributed by atoms with Gasteiger partial charge in [0.1, 0.15) is 17.8 Å². The van der Waals surface area contributed by atoms with Crippen molar-refractivity contribution in [3.63, 3.8) is 0 Å². The van der Waals surface area contributed by atoms with Crippen LogP contribution in [-0.4, -0.2) is 74.5 Å². The van der Waals surface area contributed by atoms with Crippen LogP contribution in [0.15, 0.2) is 78.9 Å². The molecular formula is C32H40N4O5. The van der Waals surface area contributed by atoms with Gasteiger partial charge in [-0.3, -0.25) is 14.4 Å². The zero-order valence-corrected chi connectivity index (χ0v) is 24.2. The molecule has 0 fully saturated rings. The summed E-state index contributed by atoms with van der Waals surface area (Å²) in [5, 5.41) is 2.67. The van der Waals surface area contributed by atoms with Crippen LogP contribution in [0.25, 0.3) is 0 Å². The van der Waals surface area contributed by atoms with Crippen molar-refractivity contribution in [2.45, 2.75) is 38.1 Å². The number of ether oxygens (including phenoxy) is 2. The van der Waals surface area contributed by atoms with Crippen molar-refractivity contribution >= 4 is 17.7 Å². The molecule has 0 saturated heterocycles. The minimum Gasteiger partial charge on any atom is -0.497 e.